The second kappa shape index (κ2) is 17.6. The van der Waals surface area contributed by atoms with Gasteiger partial charge in [-0.1, -0.05) is 189 Å². The van der Waals surface area contributed by atoms with Crippen LogP contribution < -0.4 is 9.05 Å². The highest BCUT2D eigenvalue weighted by Gasteiger charge is 2.46. The molecule has 318 valence electrons. The monoisotopic (exact) mass is 854 g/mol. The molecule has 0 atom stereocenters. The van der Waals surface area contributed by atoms with E-state index in [1.54, 1.807) is 0 Å². The molecule has 5 aromatic rings. The van der Waals surface area contributed by atoms with Crippen LogP contribution in [0.2, 0.25) is 0 Å². The molecule has 8 heteroatoms. The summed E-state index contributed by atoms with van der Waals surface area (Å²) in [5.74, 6) is 1.52. The summed E-state index contributed by atoms with van der Waals surface area (Å²) in [6, 6.07) is 45.0. The second-order valence-corrected chi connectivity index (χ2v) is 21.2. The average molecular weight is 855 g/mol. The number of allylic oxidation sites excluding steroid dienone is 4. The van der Waals surface area contributed by atoms with Gasteiger partial charge in [0.05, 0.1) is 31.8 Å². The second-order valence-electron chi connectivity index (χ2n) is 18.9. The molecule has 0 bridgehead atoms. The van der Waals surface area contributed by atoms with Crippen molar-refractivity contribution >= 4 is 17.2 Å². The third kappa shape index (κ3) is 9.05. The molecule has 6 nitrogen and oxygen atoms in total. The van der Waals surface area contributed by atoms with Gasteiger partial charge >= 0.3 is 17.2 Å². The van der Waals surface area contributed by atoms with Gasteiger partial charge in [-0.2, -0.15) is 0 Å². The lowest BCUT2D eigenvalue weighted by molar-refractivity contribution is -0.0673. The van der Waals surface area contributed by atoms with E-state index in [-0.39, 0.29) is 21.7 Å². The molecule has 2 saturated heterocycles. The van der Waals surface area contributed by atoms with Crippen molar-refractivity contribution in [2.45, 2.75) is 89.9 Å². The van der Waals surface area contributed by atoms with Crippen molar-refractivity contribution in [1.29, 1.82) is 0 Å². The first-order valence-electron chi connectivity index (χ1n) is 21.5. The Morgan fingerprint density at radius 1 is 0.443 bits per heavy atom. The Hall–Kier alpha value is -4.12. The lowest BCUT2D eigenvalue weighted by Crippen LogP contribution is -2.45. The Bertz CT molecular complexity index is 2330. The third-order valence-corrected chi connectivity index (χ3v) is 15.3. The van der Waals surface area contributed by atoms with Crippen LogP contribution >= 0.6 is 17.2 Å². The molecule has 61 heavy (non-hydrogen) atoms. The fourth-order valence-electron chi connectivity index (χ4n) is 8.61. The van der Waals surface area contributed by atoms with E-state index in [4.69, 9.17) is 27.1 Å². The molecule has 2 aliphatic heterocycles. The Morgan fingerprint density at radius 3 is 1.23 bits per heavy atom. The van der Waals surface area contributed by atoms with Gasteiger partial charge in [0.25, 0.3) is 0 Å². The van der Waals surface area contributed by atoms with Crippen LogP contribution in [0, 0.1) is 5.41 Å². The maximum absolute atomic E-state index is 6.67. The molecule has 2 heterocycles. The summed E-state index contributed by atoms with van der Waals surface area (Å²) in [5, 5.41) is 0. The maximum Gasteiger partial charge on any atom is 0.397 e. The average Bonchev–Trinajstić information content (AvgIpc) is 3.29. The quantitative estimate of drug-likeness (QED) is 0.117. The first-order chi connectivity index (χ1) is 29.2. The highest BCUT2D eigenvalue weighted by Crippen LogP contribution is 2.55. The van der Waals surface area contributed by atoms with E-state index >= 15 is 0 Å². The van der Waals surface area contributed by atoms with Crippen molar-refractivity contribution in [2.24, 2.45) is 5.41 Å². The number of benzene rings is 5. The molecule has 1 aliphatic carbocycles. The van der Waals surface area contributed by atoms with Crippen molar-refractivity contribution in [3.63, 3.8) is 0 Å². The predicted octanol–water partition coefficient (Wildman–Crippen LogP) is 14.2. The maximum atomic E-state index is 6.67. The van der Waals surface area contributed by atoms with Gasteiger partial charge in [-0.15, -0.1) is 0 Å². The van der Waals surface area contributed by atoms with Crippen molar-refractivity contribution < 1.29 is 27.1 Å². The lowest BCUT2D eigenvalue weighted by Gasteiger charge is -2.41. The van der Waals surface area contributed by atoms with Gasteiger partial charge in [-0.3, -0.25) is 0 Å². The van der Waals surface area contributed by atoms with E-state index in [0.717, 1.165) is 35.5 Å². The van der Waals surface area contributed by atoms with Crippen molar-refractivity contribution in [3.8, 4) is 11.5 Å². The standard InChI is InChI=1S/C53H60O6P2/c1-49(2,39-21-13-9-14-22-39)43-29-31-47(45(33-43)51(5,6)41-25-17-11-18-26-41)58-60-54-35-53(36-55-60)37-56-61(57-38-53)59-48-32-30-44(50(3,4)40-23-15-10-16-24-40)34-46(48)52(7,8)42-27-19-12-20-28-42/h9,11-15,17-34H,10,16,35-38H2,1-8H3. The lowest BCUT2D eigenvalue weighted by atomic mass is 9.72. The number of hydrogen-bond donors (Lipinski definition) is 0. The van der Waals surface area contributed by atoms with Crippen LogP contribution in [0.15, 0.2) is 151 Å². The minimum Gasteiger partial charge on any atom is -0.426 e. The minimum absolute atomic E-state index is 0.168. The fourth-order valence-corrected chi connectivity index (χ4v) is 11.1. The Kier molecular flexibility index (Phi) is 12.5. The van der Waals surface area contributed by atoms with Crippen LogP contribution in [0.5, 0.6) is 11.5 Å². The molecule has 0 N–H and O–H groups in total. The molecule has 0 saturated carbocycles. The van der Waals surface area contributed by atoms with E-state index < -0.39 is 22.6 Å². The summed E-state index contributed by atoms with van der Waals surface area (Å²) in [7, 11) is -3.33. The first-order valence-corrected chi connectivity index (χ1v) is 23.7. The van der Waals surface area contributed by atoms with E-state index in [1.807, 2.05) is 0 Å². The summed E-state index contributed by atoms with van der Waals surface area (Å²) < 4.78 is 38.9. The van der Waals surface area contributed by atoms with Crippen molar-refractivity contribution in [3.05, 3.63) is 190 Å². The van der Waals surface area contributed by atoms with Gasteiger partial charge < -0.3 is 27.1 Å². The van der Waals surface area contributed by atoms with Crippen LogP contribution in [0.4, 0.5) is 0 Å². The molecule has 0 aromatic heterocycles. The summed E-state index contributed by atoms with van der Waals surface area (Å²) in [4.78, 5) is 0. The topological polar surface area (TPSA) is 55.4 Å². The fraction of sp³-hybridized carbons (Fsp3) is 0.358. The van der Waals surface area contributed by atoms with Gasteiger partial charge in [0.2, 0.25) is 0 Å². The Balaban J connectivity index is 0.968. The molecule has 0 amide bonds. The summed E-state index contributed by atoms with van der Waals surface area (Å²) >= 11 is 0. The van der Waals surface area contributed by atoms with Crippen LogP contribution in [0.1, 0.15) is 107 Å². The van der Waals surface area contributed by atoms with Crippen LogP contribution in [-0.4, -0.2) is 26.4 Å². The summed E-state index contributed by atoms with van der Waals surface area (Å²) in [6.45, 7) is 19.7. The SMILES string of the molecule is CC(C)(C1=CCCC=C1)c1ccc(OP2OCC3(CO2)COP(Oc2ccc(C(C)(C)c4ccccc4)cc2C(C)(C)c2ccccc2)OC3)c(C(C)(C)c2ccccc2)c1. The summed E-state index contributed by atoms with van der Waals surface area (Å²) in [6.07, 6.45) is 9.09. The molecule has 0 radical (unpaired) electrons. The van der Waals surface area contributed by atoms with Gasteiger partial charge in [0.15, 0.2) is 0 Å². The van der Waals surface area contributed by atoms with Gasteiger partial charge in [0, 0.05) is 32.8 Å². The molecular formula is C53H60O6P2. The van der Waals surface area contributed by atoms with Gasteiger partial charge in [0.1, 0.15) is 11.5 Å². The normalized spacial score (nSPS) is 21.2. The van der Waals surface area contributed by atoms with E-state index in [2.05, 4.69) is 201 Å². The van der Waals surface area contributed by atoms with Crippen molar-refractivity contribution in [1.82, 2.24) is 0 Å². The third-order valence-electron chi connectivity index (χ3n) is 13.2. The number of rotatable bonds is 12. The smallest absolute Gasteiger partial charge is 0.397 e. The molecule has 5 aromatic carbocycles. The van der Waals surface area contributed by atoms with Crippen LogP contribution in [-0.2, 0) is 39.8 Å². The molecule has 1 spiro atoms. The minimum atomic E-state index is -1.67. The van der Waals surface area contributed by atoms with E-state index in [9.17, 15) is 0 Å². The molecule has 0 unspecified atom stereocenters. The van der Waals surface area contributed by atoms with E-state index in [1.165, 1.54) is 33.4 Å². The molecular weight excluding hydrogens is 795 g/mol. The highest BCUT2D eigenvalue weighted by atomic mass is 31.2. The summed E-state index contributed by atoms with van der Waals surface area (Å²) in [5.41, 5.74) is 8.08. The largest absolute Gasteiger partial charge is 0.426 e. The first kappa shape index (κ1) is 43.5. The van der Waals surface area contributed by atoms with Gasteiger partial charge in [-0.25, -0.2) is 0 Å². The van der Waals surface area contributed by atoms with E-state index in [0.29, 0.717) is 26.4 Å². The molecule has 3 aliphatic rings. The Morgan fingerprint density at radius 2 is 0.836 bits per heavy atom. The zero-order valence-corrected chi connectivity index (χ0v) is 38.7. The highest BCUT2D eigenvalue weighted by molar-refractivity contribution is 7.42. The predicted molar refractivity (Wildman–Crippen MR) is 249 cm³/mol. The zero-order valence-electron chi connectivity index (χ0n) is 36.9. The van der Waals surface area contributed by atoms with Crippen LogP contribution in [0.3, 0.4) is 0 Å². The molecule has 2 fully saturated rings. The Labute approximate surface area is 366 Å². The molecule has 8 rings (SSSR count). The number of hydrogen-bond acceptors (Lipinski definition) is 6. The van der Waals surface area contributed by atoms with Crippen molar-refractivity contribution in [2.75, 3.05) is 26.4 Å². The zero-order chi connectivity index (χ0) is 42.9. The van der Waals surface area contributed by atoms with Crippen LogP contribution in [0.25, 0.3) is 0 Å². The van der Waals surface area contributed by atoms with Gasteiger partial charge in [-0.05, 0) is 58.4 Å².